The van der Waals surface area contributed by atoms with E-state index in [0.29, 0.717) is 0 Å². The largest absolute Gasteiger partial charge is 0.452 e. The van der Waals surface area contributed by atoms with Crippen molar-refractivity contribution in [2.75, 3.05) is 5.75 Å². The van der Waals surface area contributed by atoms with Gasteiger partial charge in [0.1, 0.15) is 5.25 Å². The van der Waals surface area contributed by atoms with Crippen molar-refractivity contribution in [3.8, 4) is 0 Å². The maximum Gasteiger partial charge on any atom is 0.321 e. The van der Waals surface area contributed by atoms with Gasteiger partial charge in [0, 0.05) is 6.04 Å². The lowest BCUT2D eigenvalue weighted by molar-refractivity contribution is -0.153. The fraction of sp³-hybridized carbons (Fsp3) is 0.800. The second-order valence-corrected chi connectivity index (χ2v) is 7.19. The molecule has 3 amide bonds. The van der Waals surface area contributed by atoms with Gasteiger partial charge in [-0.25, -0.2) is 4.79 Å². The van der Waals surface area contributed by atoms with Crippen LogP contribution in [0.2, 0.25) is 0 Å². The number of hydrogen-bond acceptors (Lipinski definition) is 5. The van der Waals surface area contributed by atoms with Gasteiger partial charge in [-0.15, -0.1) is 11.8 Å². The molecule has 2 atom stereocenters. The van der Waals surface area contributed by atoms with E-state index in [9.17, 15) is 14.4 Å². The van der Waals surface area contributed by atoms with Gasteiger partial charge in [-0.05, 0) is 38.4 Å². The second-order valence-electron chi connectivity index (χ2n) is 5.88. The van der Waals surface area contributed by atoms with Gasteiger partial charge in [0.05, 0.1) is 0 Å². The minimum Gasteiger partial charge on any atom is -0.452 e. The van der Waals surface area contributed by atoms with Crippen molar-refractivity contribution in [1.29, 1.82) is 0 Å². The van der Waals surface area contributed by atoms with Crippen LogP contribution in [0.25, 0.3) is 0 Å². The van der Waals surface area contributed by atoms with E-state index in [1.165, 1.54) is 13.3 Å². The van der Waals surface area contributed by atoms with E-state index >= 15 is 0 Å². The van der Waals surface area contributed by atoms with Crippen LogP contribution in [0.1, 0.15) is 51.9 Å². The third-order valence-corrected chi connectivity index (χ3v) is 5.39. The Morgan fingerprint density at radius 2 is 1.82 bits per heavy atom. The molecular formula is C15H24N2O4S. The fourth-order valence-corrected chi connectivity index (χ4v) is 3.89. The highest BCUT2D eigenvalue weighted by molar-refractivity contribution is 8.00. The van der Waals surface area contributed by atoms with Gasteiger partial charge < -0.3 is 10.1 Å². The first kappa shape index (κ1) is 17.1. The molecule has 0 aromatic rings. The number of urea groups is 1. The van der Waals surface area contributed by atoms with E-state index < -0.39 is 18.0 Å². The third kappa shape index (κ3) is 5.19. The molecule has 0 bridgehead atoms. The lowest BCUT2D eigenvalue weighted by atomic mass is 9.96. The van der Waals surface area contributed by atoms with Crippen molar-refractivity contribution >= 4 is 29.7 Å². The topological polar surface area (TPSA) is 84.5 Å². The molecule has 124 valence electrons. The Morgan fingerprint density at radius 3 is 2.45 bits per heavy atom. The van der Waals surface area contributed by atoms with Crippen LogP contribution in [0.4, 0.5) is 4.79 Å². The number of esters is 1. The molecule has 2 N–H and O–H groups in total. The molecule has 0 spiro atoms. The fourth-order valence-electron chi connectivity index (χ4n) is 2.75. The van der Waals surface area contributed by atoms with Crippen molar-refractivity contribution < 1.29 is 19.1 Å². The van der Waals surface area contributed by atoms with Crippen LogP contribution in [-0.2, 0) is 14.3 Å². The van der Waals surface area contributed by atoms with Crippen LogP contribution in [0, 0.1) is 0 Å². The maximum atomic E-state index is 11.9. The normalized spacial score (nSPS) is 23.6. The molecule has 2 aliphatic rings. The smallest absolute Gasteiger partial charge is 0.321 e. The lowest BCUT2D eigenvalue weighted by Crippen LogP contribution is -2.48. The van der Waals surface area contributed by atoms with Gasteiger partial charge in [0.2, 0.25) is 0 Å². The molecule has 2 fully saturated rings. The van der Waals surface area contributed by atoms with Crippen molar-refractivity contribution in [3.05, 3.63) is 0 Å². The minimum absolute atomic E-state index is 0.134. The number of amides is 3. The van der Waals surface area contributed by atoms with Crippen LogP contribution in [0.15, 0.2) is 0 Å². The Balaban J connectivity index is 1.70. The summed E-state index contributed by atoms with van der Waals surface area (Å²) in [5, 5.41) is 4.87. The number of thioether (sulfide) groups is 1. The Kier molecular flexibility index (Phi) is 6.54. The number of carbonyl (C=O) groups is 3. The standard InChI is InChI=1S/C15H24N2O4S/c1-10(21-14(19)12-8-5-9-22-12)13(18)17-15(20)16-11-6-3-2-4-7-11/h10-12H,2-9H2,1H3,(H2,16,17,18,20)/t10-,12+/m1/s1. The SMILES string of the molecule is C[C@@H](OC(=O)[C@@H]1CCCS1)C(=O)NC(=O)NC1CCCCC1. The first-order chi connectivity index (χ1) is 10.6. The van der Waals surface area contributed by atoms with Crippen molar-refractivity contribution in [3.63, 3.8) is 0 Å². The first-order valence-electron chi connectivity index (χ1n) is 7.99. The highest BCUT2D eigenvalue weighted by Crippen LogP contribution is 2.27. The average Bonchev–Trinajstić information content (AvgIpc) is 3.02. The van der Waals surface area contributed by atoms with Gasteiger partial charge in [-0.1, -0.05) is 19.3 Å². The maximum absolute atomic E-state index is 11.9. The molecule has 1 heterocycles. The summed E-state index contributed by atoms with van der Waals surface area (Å²) < 4.78 is 5.14. The Morgan fingerprint density at radius 1 is 1.09 bits per heavy atom. The van der Waals surface area contributed by atoms with E-state index in [1.807, 2.05) is 0 Å². The van der Waals surface area contributed by atoms with Crippen molar-refractivity contribution in [2.45, 2.75) is 69.3 Å². The quantitative estimate of drug-likeness (QED) is 0.771. The predicted octanol–water partition coefficient (Wildman–Crippen LogP) is 1.97. The first-order valence-corrected chi connectivity index (χ1v) is 9.04. The molecule has 1 aliphatic carbocycles. The van der Waals surface area contributed by atoms with E-state index in [2.05, 4.69) is 10.6 Å². The number of hydrogen-bond donors (Lipinski definition) is 2. The molecular weight excluding hydrogens is 304 g/mol. The van der Waals surface area contributed by atoms with Gasteiger partial charge in [0.15, 0.2) is 6.10 Å². The van der Waals surface area contributed by atoms with E-state index in [1.54, 1.807) is 11.8 Å². The Bertz CT molecular complexity index is 418. The van der Waals surface area contributed by atoms with Gasteiger partial charge >= 0.3 is 12.0 Å². The molecule has 0 aromatic carbocycles. The number of rotatable bonds is 4. The Hall–Kier alpha value is -1.24. The predicted molar refractivity (Wildman–Crippen MR) is 84.6 cm³/mol. The molecule has 0 aromatic heterocycles. The molecule has 1 saturated carbocycles. The molecule has 7 heteroatoms. The summed E-state index contributed by atoms with van der Waals surface area (Å²) in [4.78, 5) is 35.5. The van der Waals surface area contributed by atoms with Crippen LogP contribution in [-0.4, -0.2) is 41.1 Å². The van der Waals surface area contributed by atoms with Crippen LogP contribution in [0.3, 0.4) is 0 Å². The van der Waals surface area contributed by atoms with E-state index in [0.717, 1.165) is 44.3 Å². The monoisotopic (exact) mass is 328 g/mol. The zero-order valence-electron chi connectivity index (χ0n) is 12.9. The summed E-state index contributed by atoms with van der Waals surface area (Å²) in [6.45, 7) is 1.49. The molecule has 1 aliphatic heterocycles. The molecule has 0 unspecified atom stereocenters. The summed E-state index contributed by atoms with van der Waals surface area (Å²) >= 11 is 1.56. The summed E-state index contributed by atoms with van der Waals surface area (Å²) in [5.41, 5.74) is 0. The van der Waals surface area contributed by atoms with E-state index in [4.69, 9.17) is 4.74 Å². The number of nitrogens with one attached hydrogen (secondary N) is 2. The molecule has 22 heavy (non-hydrogen) atoms. The molecule has 6 nitrogen and oxygen atoms in total. The van der Waals surface area contributed by atoms with Gasteiger partial charge in [0.25, 0.3) is 5.91 Å². The van der Waals surface area contributed by atoms with E-state index in [-0.39, 0.29) is 17.3 Å². The van der Waals surface area contributed by atoms with Crippen LogP contribution in [0.5, 0.6) is 0 Å². The van der Waals surface area contributed by atoms with Crippen molar-refractivity contribution in [1.82, 2.24) is 10.6 Å². The number of ether oxygens (including phenoxy) is 1. The van der Waals surface area contributed by atoms with Crippen LogP contribution < -0.4 is 10.6 Å². The summed E-state index contributed by atoms with van der Waals surface area (Å²) in [6.07, 6.45) is 6.14. The van der Waals surface area contributed by atoms with Crippen molar-refractivity contribution in [2.24, 2.45) is 0 Å². The highest BCUT2D eigenvalue weighted by Gasteiger charge is 2.28. The number of carbonyl (C=O) groups excluding carboxylic acids is 3. The number of imide groups is 1. The zero-order valence-corrected chi connectivity index (χ0v) is 13.7. The van der Waals surface area contributed by atoms with Gasteiger partial charge in [-0.3, -0.25) is 14.9 Å². The van der Waals surface area contributed by atoms with Crippen LogP contribution >= 0.6 is 11.8 Å². The average molecular weight is 328 g/mol. The summed E-state index contributed by atoms with van der Waals surface area (Å²) in [7, 11) is 0. The highest BCUT2D eigenvalue weighted by atomic mass is 32.2. The molecule has 2 rings (SSSR count). The minimum atomic E-state index is -0.953. The summed E-state index contributed by atoms with van der Waals surface area (Å²) in [6, 6.07) is -0.371. The zero-order chi connectivity index (χ0) is 15.9. The summed E-state index contributed by atoms with van der Waals surface area (Å²) in [5.74, 6) is 0.00642. The Labute approximate surface area is 135 Å². The molecule has 0 radical (unpaired) electrons. The lowest BCUT2D eigenvalue weighted by Gasteiger charge is -2.23. The third-order valence-electron chi connectivity index (χ3n) is 4.03. The van der Waals surface area contributed by atoms with Gasteiger partial charge in [-0.2, -0.15) is 0 Å². The molecule has 1 saturated heterocycles. The second kappa shape index (κ2) is 8.41.